The molecule has 3 heteroatoms. The van der Waals surface area contributed by atoms with Crippen molar-refractivity contribution >= 4 is 67.9 Å². The lowest BCUT2D eigenvalue weighted by Gasteiger charge is -1.99. The van der Waals surface area contributed by atoms with E-state index in [1.807, 2.05) is 11.3 Å². The van der Waals surface area contributed by atoms with Crippen LogP contribution < -0.4 is 5.30 Å². The lowest BCUT2D eigenvalue weighted by atomic mass is 10.1. The SMILES string of the molecule is Cn1c2cc(P)ccc2c2cc3sc4ccccc4c3cc21. The summed E-state index contributed by atoms with van der Waals surface area (Å²) in [5, 5.41) is 6.64. The molecule has 5 aromatic rings. The molecule has 0 N–H and O–H groups in total. The molecule has 1 atom stereocenters. The van der Waals surface area contributed by atoms with Gasteiger partial charge in [-0.05, 0) is 29.6 Å². The van der Waals surface area contributed by atoms with Gasteiger partial charge in [0.05, 0.1) is 0 Å². The first-order valence-electron chi connectivity index (χ1n) is 7.31. The Morgan fingerprint density at radius 2 is 1.59 bits per heavy atom. The molecule has 0 aliphatic rings. The molecule has 2 aromatic heterocycles. The highest BCUT2D eigenvalue weighted by Gasteiger charge is 2.12. The molecular formula is C19H14NPS. The van der Waals surface area contributed by atoms with Crippen molar-refractivity contribution in [3.8, 4) is 0 Å². The van der Waals surface area contributed by atoms with E-state index < -0.39 is 0 Å². The van der Waals surface area contributed by atoms with Crippen LogP contribution in [0.15, 0.2) is 54.6 Å². The molecule has 0 bridgehead atoms. The van der Waals surface area contributed by atoms with Crippen LogP contribution in [0.4, 0.5) is 0 Å². The summed E-state index contributed by atoms with van der Waals surface area (Å²) in [6.07, 6.45) is 0. The molecule has 0 amide bonds. The number of hydrogen-bond acceptors (Lipinski definition) is 1. The van der Waals surface area contributed by atoms with E-state index in [1.54, 1.807) is 0 Å². The van der Waals surface area contributed by atoms with Crippen LogP contribution in [-0.4, -0.2) is 4.57 Å². The van der Waals surface area contributed by atoms with Crippen molar-refractivity contribution in [3.05, 3.63) is 54.6 Å². The Balaban J connectivity index is 2.04. The van der Waals surface area contributed by atoms with Gasteiger partial charge in [-0.3, -0.25) is 0 Å². The molecule has 22 heavy (non-hydrogen) atoms. The molecule has 106 valence electrons. The molecule has 0 saturated carbocycles. The summed E-state index contributed by atoms with van der Waals surface area (Å²) >= 11 is 1.88. The average molecular weight is 319 g/mol. The number of aryl methyl sites for hydroxylation is 1. The highest BCUT2D eigenvalue weighted by Crippen LogP contribution is 2.38. The zero-order valence-electron chi connectivity index (χ0n) is 12.1. The van der Waals surface area contributed by atoms with Gasteiger partial charge in [-0.15, -0.1) is 20.6 Å². The third kappa shape index (κ3) is 1.57. The highest BCUT2D eigenvalue weighted by atomic mass is 32.1. The first kappa shape index (κ1) is 12.6. The van der Waals surface area contributed by atoms with Crippen molar-refractivity contribution in [2.45, 2.75) is 0 Å². The van der Waals surface area contributed by atoms with Gasteiger partial charge in [0.25, 0.3) is 0 Å². The van der Waals surface area contributed by atoms with Crippen molar-refractivity contribution in [1.82, 2.24) is 4.57 Å². The topological polar surface area (TPSA) is 4.93 Å². The first-order valence-corrected chi connectivity index (χ1v) is 8.71. The minimum absolute atomic E-state index is 1.23. The molecular weight excluding hydrogens is 305 g/mol. The Morgan fingerprint density at radius 1 is 0.773 bits per heavy atom. The molecule has 0 aliphatic carbocycles. The van der Waals surface area contributed by atoms with E-state index >= 15 is 0 Å². The Morgan fingerprint density at radius 3 is 2.50 bits per heavy atom. The zero-order chi connectivity index (χ0) is 14.8. The van der Waals surface area contributed by atoms with Gasteiger partial charge in [-0.2, -0.15) is 0 Å². The summed E-state index contributed by atoms with van der Waals surface area (Å²) in [6.45, 7) is 0. The van der Waals surface area contributed by atoms with Gasteiger partial charge in [0.1, 0.15) is 0 Å². The average Bonchev–Trinajstić information content (AvgIpc) is 3.02. The predicted octanol–water partition coefficient (Wildman–Crippen LogP) is 5.20. The number of aromatic nitrogens is 1. The summed E-state index contributed by atoms with van der Waals surface area (Å²) in [5.74, 6) is 0. The van der Waals surface area contributed by atoms with E-state index in [2.05, 4.69) is 75.5 Å². The van der Waals surface area contributed by atoms with E-state index in [-0.39, 0.29) is 0 Å². The number of nitrogens with zero attached hydrogens (tertiary/aromatic N) is 1. The van der Waals surface area contributed by atoms with E-state index in [0.29, 0.717) is 0 Å². The Labute approximate surface area is 134 Å². The molecule has 1 nitrogen and oxygen atoms in total. The summed E-state index contributed by atoms with van der Waals surface area (Å²) in [7, 11) is 4.95. The predicted molar refractivity (Wildman–Crippen MR) is 103 cm³/mol. The number of fused-ring (bicyclic) bond motifs is 6. The second kappa shape index (κ2) is 4.32. The molecule has 0 spiro atoms. The molecule has 2 heterocycles. The van der Waals surface area contributed by atoms with E-state index in [0.717, 1.165) is 0 Å². The third-order valence-corrected chi connectivity index (χ3v) is 6.02. The monoisotopic (exact) mass is 319 g/mol. The number of thiophene rings is 1. The molecule has 5 rings (SSSR count). The second-order valence-corrected chi connectivity index (χ2v) is 7.55. The molecule has 3 aromatic carbocycles. The van der Waals surface area contributed by atoms with Gasteiger partial charge < -0.3 is 4.57 Å². The Kier molecular flexibility index (Phi) is 2.48. The van der Waals surface area contributed by atoms with Crippen molar-refractivity contribution < 1.29 is 0 Å². The largest absolute Gasteiger partial charge is 0.344 e. The smallest absolute Gasteiger partial charge is 0.0495 e. The van der Waals surface area contributed by atoms with Crippen LogP contribution in [0.5, 0.6) is 0 Å². The fourth-order valence-corrected chi connectivity index (χ4v) is 4.82. The van der Waals surface area contributed by atoms with Crippen LogP contribution in [0, 0.1) is 0 Å². The molecule has 0 radical (unpaired) electrons. The van der Waals surface area contributed by atoms with E-state index in [1.165, 1.54) is 47.3 Å². The fraction of sp³-hybridized carbons (Fsp3) is 0.0526. The van der Waals surface area contributed by atoms with Gasteiger partial charge >= 0.3 is 0 Å². The number of benzene rings is 3. The molecule has 0 saturated heterocycles. The second-order valence-electron chi connectivity index (χ2n) is 5.80. The maximum absolute atomic E-state index is 2.79. The maximum atomic E-state index is 2.79. The Bertz CT molecular complexity index is 1200. The van der Waals surface area contributed by atoms with Gasteiger partial charge in [0.2, 0.25) is 0 Å². The van der Waals surface area contributed by atoms with Crippen molar-refractivity contribution in [2.75, 3.05) is 0 Å². The standard InChI is InChI=1S/C19H14NPS/c1-20-16-8-11(21)6-7-12(16)14-10-19-15(9-17(14)20)13-4-2-3-5-18(13)22-19/h2-10H,21H2,1H3. The van der Waals surface area contributed by atoms with Crippen LogP contribution in [-0.2, 0) is 7.05 Å². The van der Waals surface area contributed by atoms with Gasteiger partial charge in [-0.25, -0.2) is 0 Å². The quantitative estimate of drug-likeness (QED) is 0.346. The number of rotatable bonds is 0. The zero-order valence-corrected chi connectivity index (χ0v) is 14.1. The summed E-state index contributed by atoms with van der Waals surface area (Å²) in [6, 6.07) is 20.0. The summed E-state index contributed by atoms with van der Waals surface area (Å²) in [4.78, 5) is 0. The first-order chi connectivity index (χ1) is 10.7. The normalized spacial score (nSPS) is 12.1. The van der Waals surface area contributed by atoms with Crippen LogP contribution in [0.2, 0.25) is 0 Å². The van der Waals surface area contributed by atoms with E-state index in [4.69, 9.17) is 0 Å². The third-order valence-electron chi connectivity index (χ3n) is 4.53. The van der Waals surface area contributed by atoms with Gasteiger partial charge in [0.15, 0.2) is 0 Å². The minimum atomic E-state index is 1.23. The van der Waals surface area contributed by atoms with E-state index in [9.17, 15) is 0 Å². The van der Waals surface area contributed by atoms with Gasteiger partial charge in [-0.1, -0.05) is 30.3 Å². The van der Waals surface area contributed by atoms with Crippen LogP contribution in [0.1, 0.15) is 0 Å². The fourth-order valence-electron chi connectivity index (χ4n) is 3.44. The van der Waals surface area contributed by atoms with Gasteiger partial charge in [0, 0.05) is 49.0 Å². The summed E-state index contributed by atoms with van der Waals surface area (Å²) in [5.41, 5.74) is 2.60. The van der Waals surface area contributed by atoms with Crippen LogP contribution in [0.3, 0.4) is 0 Å². The molecule has 1 unspecified atom stereocenters. The molecule has 0 aliphatic heterocycles. The van der Waals surface area contributed by atoms with Crippen molar-refractivity contribution in [2.24, 2.45) is 7.05 Å². The lowest BCUT2D eigenvalue weighted by Crippen LogP contribution is -1.91. The minimum Gasteiger partial charge on any atom is -0.344 e. The highest BCUT2D eigenvalue weighted by molar-refractivity contribution is 7.27. The summed E-state index contributed by atoms with van der Waals surface area (Å²) < 4.78 is 5.05. The molecule has 0 fully saturated rings. The van der Waals surface area contributed by atoms with Crippen molar-refractivity contribution in [1.29, 1.82) is 0 Å². The van der Waals surface area contributed by atoms with Crippen LogP contribution >= 0.6 is 20.6 Å². The maximum Gasteiger partial charge on any atom is 0.0495 e. The Hall–Kier alpha value is -1.89. The van der Waals surface area contributed by atoms with Crippen LogP contribution in [0.25, 0.3) is 42.0 Å². The van der Waals surface area contributed by atoms with Crippen molar-refractivity contribution in [3.63, 3.8) is 0 Å². The number of hydrogen-bond donors (Lipinski definition) is 0. The lowest BCUT2D eigenvalue weighted by molar-refractivity contribution is 1.02.